The zero-order valence-electron chi connectivity index (χ0n) is 20.0. The maximum Gasteiger partial charge on any atom is 0.0544 e. The molecule has 1 N–H and O–H groups in total. The van der Waals surface area contributed by atoms with Gasteiger partial charge in [0.05, 0.1) is 5.52 Å². The highest BCUT2D eigenvalue weighted by Crippen LogP contribution is 2.44. The molecule has 9 aromatic rings. The van der Waals surface area contributed by atoms with E-state index in [9.17, 15) is 0 Å². The van der Waals surface area contributed by atoms with Crippen LogP contribution in [0.4, 0.5) is 0 Å². The van der Waals surface area contributed by atoms with Crippen LogP contribution in [0.5, 0.6) is 0 Å². The number of hydrogen-bond acceptors (Lipinski definition) is 0. The molecule has 9 rings (SSSR count). The van der Waals surface area contributed by atoms with Crippen molar-refractivity contribution in [1.82, 2.24) is 4.98 Å². The van der Waals surface area contributed by atoms with E-state index in [0.29, 0.717) is 0 Å². The van der Waals surface area contributed by atoms with Crippen LogP contribution in [0.25, 0.3) is 86.8 Å². The third-order valence-corrected chi connectivity index (χ3v) is 8.34. The molecule has 1 heteroatoms. The summed E-state index contributed by atoms with van der Waals surface area (Å²) < 4.78 is 0. The van der Waals surface area contributed by atoms with Crippen molar-refractivity contribution in [2.24, 2.45) is 0 Å². The quantitative estimate of drug-likeness (QED) is 0.183. The van der Waals surface area contributed by atoms with Crippen LogP contribution in [0.2, 0.25) is 0 Å². The van der Waals surface area contributed by atoms with Crippen LogP contribution in [-0.2, 0) is 0 Å². The van der Waals surface area contributed by atoms with Crippen molar-refractivity contribution in [2.45, 2.75) is 0 Å². The Kier molecular flexibility index (Phi) is 3.59. The first-order valence-corrected chi connectivity index (χ1v) is 12.9. The number of fused-ring (bicyclic) bond motifs is 8. The topological polar surface area (TPSA) is 15.8 Å². The summed E-state index contributed by atoms with van der Waals surface area (Å²) in [6.45, 7) is 0. The fourth-order valence-electron chi connectivity index (χ4n) is 6.79. The van der Waals surface area contributed by atoms with Crippen molar-refractivity contribution in [2.75, 3.05) is 0 Å². The van der Waals surface area contributed by atoms with Gasteiger partial charge >= 0.3 is 0 Å². The molecule has 0 atom stereocenters. The number of H-pyrrole nitrogens is 1. The first-order valence-electron chi connectivity index (χ1n) is 12.9. The van der Waals surface area contributed by atoms with Crippen LogP contribution in [0.15, 0.2) is 121 Å². The van der Waals surface area contributed by atoms with Crippen molar-refractivity contribution in [3.05, 3.63) is 121 Å². The Bertz CT molecular complexity index is 2230. The molecule has 8 aromatic carbocycles. The van der Waals surface area contributed by atoms with Crippen molar-refractivity contribution >= 4 is 75.5 Å². The van der Waals surface area contributed by atoms with E-state index in [4.69, 9.17) is 0 Å². The number of aromatic amines is 1. The van der Waals surface area contributed by atoms with Gasteiger partial charge in [-0.1, -0.05) is 115 Å². The second-order valence-corrected chi connectivity index (χ2v) is 10.2. The molecule has 0 fully saturated rings. The summed E-state index contributed by atoms with van der Waals surface area (Å²) in [4.78, 5) is 3.85. The summed E-state index contributed by atoms with van der Waals surface area (Å²) in [5.41, 5.74) is 3.62. The predicted octanol–water partition coefficient (Wildman–Crippen LogP) is 10.2. The van der Waals surface area contributed by atoms with Crippen LogP contribution in [0.1, 0.15) is 0 Å². The highest BCUT2D eigenvalue weighted by molar-refractivity contribution is 6.34. The van der Waals surface area contributed by atoms with Gasteiger partial charge in [-0.25, -0.2) is 0 Å². The molecule has 1 heterocycles. The minimum absolute atomic E-state index is 1.16. The Morgan fingerprint density at radius 1 is 0.351 bits per heavy atom. The number of aromatic nitrogens is 1. The van der Waals surface area contributed by atoms with Gasteiger partial charge in [-0.3, -0.25) is 0 Å². The first kappa shape index (κ1) is 19.3. The summed E-state index contributed by atoms with van der Waals surface area (Å²) in [5, 5.41) is 17.1. The van der Waals surface area contributed by atoms with Gasteiger partial charge in [0, 0.05) is 22.0 Å². The molecule has 0 amide bonds. The molecule has 1 nitrogen and oxygen atoms in total. The maximum atomic E-state index is 3.85. The van der Waals surface area contributed by atoms with Gasteiger partial charge in [-0.05, 0) is 65.3 Å². The van der Waals surface area contributed by atoms with Crippen molar-refractivity contribution in [1.29, 1.82) is 0 Å². The highest BCUT2D eigenvalue weighted by atomic mass is 14.7. The number of nitrogens with one attached hydrogen (secondary N) is 1. The van der Waals surface area contributed by atoms with Gasteiger partial charge in [0.2, 0.25) is 0 Å². The van der Waals surface area contributed by atoms with E-state index in [1.54, 1.807) is 0 Å². The average molecular weight is 468 g/mol. The fourth-order valence-corrected chi connectivity index (χ4v) is 6.79. The van der Waals surface area contributed by atoms with Crippen LogP contribution in [0, 0.1) is 0 Å². The molecule has 0 aliphatic heterocycles. The van der Waals surface area contributed by atoms with E-state index < -0.39 is 0 Å². The Balaban J connectivity index is 1.44. The molecule has 0 saturated heterocycles. The average Bonchev–Trinajstić information content (AvgIpc) is 3.41. The van der Waals surface area contributed by atoms with Crippen molar-refractivity contribution in [3.63, 3.8) is 0 Å². The van der Waals surface area contributed by atoms with E-state index in [2.05, 4.69) is 126 Å². The van der Waals surface area contributed by atoms with Crippen LogP contribution in [0.3, 0.4) is 0 Å². The van der Waals surface area contributed by atoms with Crippen LogP contribution >= 0.6 is 0 Å². The van der Waals surface area contributed by atoms with Crippen molar-refractivity contribution < 1.29 is 0 Å². The SMILES string of the molecule is c1ccc2c(c1)c1ccccc1c1[nH]c(-c3ccc4c5cccc6cccc(c7cccc3c74)c65)cc21. The lowest BCUT2D eigenvalue weighted by Gasteiger charge is -2.16. The molecule has 0 aliphatic rings. The van der Waals surface area contributed by atoms with E-state index >= 15 is 0 Å². The number of benzene rings is 8. The fraction of sp³-hybridized carbons (Fsp3) is 0. The predicted molar refractivity (Wildman–Crippen MR) is 160 cm³/mol. The highest BCUT2D eigenvalue weighted by Gasteiger charge is 2.17. The second-order valence-electron chi connectivity index (χ2n) is 10.2. The van der Waals surface area contributed by atoms with Gasteiger partial charge in [0.1, 0.15) is 0 Å². The zero-order valence-corrected chi connectivity index (χ0v) is 20.0. The Morgan fingerprint density at radius 3 is 1.59 bits per heavy atom. The monoisotopic (exact) mass is 467 g/mol. The summed E-state index contributed by atoms with van der Waals surface area (Å²) in [6.07, 6.45) is 0. The van der Waals surface area contributed by atoms with Gasteiger partial charge in [0.15, 0.2) is 0 Å². The minimum atomic E-state index is 1.16. The molecule has 37 heavy (non-hydrogen) atoms. The molecule has 0 aliphatic carbocycles. The van der Waals surface area contributed by atoms with E-state index in [0.717, 1.165) is 5.69 Å². The minimum Gasteiger partial charge on any atom is -0.354 e. The van der Waals surface area contributed by atoms with Gasteiger partial charge < -0.3 is 4.98 Å². The zero-order chi connectivity index (χ0) is 24.1. The normalized spacial score (nSPS) is 12.3. The lowest BCUT2D eigenvalue weighted by Crippen LogP contribution is -1.89. The van der Waals surface area contributed by atoms with E-state index in [1.807, 2.05) is 0 Å². The first-order chi connectivity index (χ1) is 18.4. The third kappa shape index (κ3) is 2.43. The van der Waals surface area contributed by atoms with Crippen LogP contribution < -0.4 is 0 Å². The molecule has 0 saturated carbocycles. The molecule has 0 radical (unpaired) electrons. The van der Waals surface area contributed by atoms with Gasteiger partial charge in [-0.2, -0.15) is 0 Å². The van der Waals surface area contributed by atoms with Gasteiger partial charge in [-0.15, -0.1) is 0 Å². The lowest BCUT2D eigenvalue weighted by atomic mass is 9.88. The van der Waals surface area contributed by atoms with Crippen molar-refractivity contribution in [3.8, 4) is 11.3 Å². The Labute approximate surface area is 212 Å². The summed E-state index contributed by atoms with van der Waals surface area (Å²) in [6, 6.07) is 44.6. The van der Waals surface area contributed by atoms with Gasteiger partial charge in [0.25, 0.3) is 0 Å². The molecule has 0 bridgehead atoms. The molecule has 0 unspecified atom stereocenters. The van der Waals surface area contributed by atoms with E-state index in [1.165, 1.54) is 81.1 Å². The van der Waals surface area contributed by atoms with E-state index in [-0.39, 0.29) is 0 Å². The second kappa shape index (κ2) is 6.87. The smallest absolute Gasteiger partial charge is 0.0544 e. The summed E-state index contributed by atoms with van der Waals surface area (Å²) in [5.74, 6) is 0. The standard InChI is InChI=1S/C36H21N/c1-2-12-24-22(10-1)23-11-3-4-13-31(23)36-32(24)20-33(37-36)25-18-19-30-28-15-6-9-21-8-5-14-27(34(21)28)29-17-7-16-26(25)35(29)30/h1-20,37H. The number of rotatable bonds is 1. The Morgan fingerprint density at radius 2 is 0.865 bits per heavy atom. The molecule has 1 aromatic heterocycles. The van der Waals surface area contributed by atoms with Crippen LogP contribution in [-0.4, -0.2) is 4.98 Å². The summed E-state index contributed by atoms with van der Waals surface area (Å²) in [7, 11) is 0. The molecular weight excluding hydrogens is 446 g/mol. The molecular formula is C36H21N. The maximum absolute atomic E-state index is 3.85. The third-order valence-electron chi connectivity index (χ3n) is 8.34. The Hall–Kier alpha value is -4.88. The lowest BCUT2D eigenvalue weighted by molar-refractivity contribution is 1.48. The summed E-state index contributed by atoms with van der Waals surface area (Å²) >= 11 is 0. The molecule has 0 spiro atoms. The largest absolute Gasteiger partial charge is 0.354 e. The molecule has 170 valence electrons. The number of hydrogen-bond donors (Lipinski definition) is 1.